The Morgan fingerprint density at radius 1 is 1.09 bits per heavy atom. The van der Waals surface area contributed by atoms with E-state index in [4.69, 9.17) is 5.84 Å². The fourth-order valence-electron chi connectivity index (χ4n) is 3.69. The van der Waals surface area contributed by atoms with Gasteiger partial charge < -0.3 is 26.8 Å². The highest BCUT2D eigenvalue weighted by molar-refractivity contribution is 5.91. The molecule has 0 bridgehead atoms. The van der Waals surface area contributed by atoms with Gasteiger partial charge >= 0.3 is 0 Å². The number of rotatable bonds is 10. The quantitative estimate of drug-likeness (QED) is 0.186. The Morgan fingerprint density at radius 2 is 1.88 bits per heavy atom. The molecule has 0 saturated heterocycles. The molecule has 0 spiro atoms. The highest BCUT2D eigenvalue weighted by Crippen LogP contribution is 2.17. The average Bonchev–Trinajstić information content (AvgIpc) is 3.20. The summed E-state index contributed by atoms with van der Waals surface area (Å²) in [6.45, 7) is 6.07. The topological polar surface area (TPSA) is 124 Å². The maximum Gasteiger partial charge on any atom is 0.242 e. The summed E-state index contributed by atoms with van der Waals surface area (Å²) in [7, 11) is 0. The zero-order valence-electron chi connectivity index (χ0n) is 19.3. The Hall–Kier alpha value is -3.81. The third-order valence-corrected chi connectivity index (χ3v) is 5.50. The van der Waals surface area contributed by atoms with Gasteiger partial charge in [-0.15, -0.1) is 0 Å². The first kappa shape index (κ1) is 23.8. The van der Waals surface area contributed by atoms with E-state index in [1.54, 1.807) is 6.92 Å². The molecule has 3 rings (SSSR count). The van der Waals surface area contributed by atoms with E-state index in [9.17, 15) is 9.59 Å². The number of aromatic nitrogens is 1. The van der Waals surface area contributed by atoms with Crippen LogP contribution in [0.25, 0.3) is 10.9 Å². The van der Waals surface area contributed by atoms with E-state index in [1.165, 1.54) is 6.21 Å². The Kier molecular flexibility index (Phi) is 8.07. The number of hydrogen-bond acceptors (Lipinski definition) is 5. The van der Waals surface area contributed by atoms with Crippen LogP contribution in [-0.4, -0.2) is 41.6 Å². The highest BCUT2D eigenvalue weighted by Gasteiger charge is 2.26. The minimum absolute atomic E-state index is 0.0571. The molecular weight excluding hydrogens is 416 g/mol. The number of hydrogen-bond donors (Lipinski definition) is 5. The van der Waals surface area contributed by atoms with E-state index in [1.807, 2.05) is 62.5 Å². The number of nitrogens with zero attached hydrogens (tertiary/aromatic N) is 1. The van der Waals surface area contributed by atoms with Crippen LogP contribution in [0, 0.1) is 5.92 Å². The predicted molar refractivity (Wildman–Crippen MR) is 133 cm³/mol. The van der Waals surface area contributed by atoms with Crippen molar-refractivity contribution >= 4 is 34.6 Å². The lowest BCUT2D eigenvalue weighted by Crippen LogP contribution is -2.53. The maximum absolute atomic E-state index is 12.8. The predicted octanol–water partition coefficient (Wildman–Crippen LogP) is 2.76. The lowest BCUT2D eigenvalue weighted by molar-refractivity contribution is -0.130. The average molecular weight is 449 g/mol. The second kappa shape index (κ2) is 11.2. The summed E-state index contributed by atoms with van der Waals surface area (Å²) in [5.74, 6) is 4.71. The van der Waals surface area contributed by atoms with Crippen LogP contribution in [0.2, 0.25) is 0 Å². The van der Waals surface area contributed by atoms with Crippen LogP contribution in [0.4, 0.5) is 5.69 Å². The number of carbonyl (C=O) groups excluding carboxylic acids is 2. The standard InChI is InChI=1S/C25H32N6O2/c1-16(2)23(25(33)27-12-11-19-15-28-22-10-5-4-9-21(19)22)31-24(32)17(3)30-20-8-6-7-18(13-20)14-29-26/h4-10,13-17,23,28,30H,11-12,26H2,1-3H3,(H,27,33)(H,31,32). The molecule has 1 heterocycles. The van der Waals surface area contributed by atoms with Gasteiger partial charge in [-0.2, -0.15) is 5.10 Å². The molecule has 0 saturated carbocycles. The largest absolute Gasteiger partial charge is 0.374 e. The molecule has 2 aromatic carbocycles. The molecule has 0 fully saturated rings. The summed E-state index contributed by atoms with van der Waals surface area (Å²) in [5, 5.41) is 13.7. The molecule has 2 unspecified atom stereocenters. The Morgan fingerprint density at radius 3 is 2.64 bits per heavy atom. The minimum atomic E-state index is -0.625. The molecule has 2 amide bonds. The van der Waals surface area contributed by atoms with Gasteiger partial charge in [-0.25, -0.2) is 0 Å². The fourth-order valence-corrected chi connectivity index (χ4v) is 3.69. The number of benzene rings is 2. The van der Waals surface area contributed by atoms with Gasteiger partial charge in [0.1, 0.15) is 12.1 Å². The summed E-state index contributed by atoms with van der Waals surface area (Å²) in [5.41, 5.74) is 3.81. The summed E-state index contributed by atoms with van der Waals surface area (Å²) in [4.78, 5) is 28.9. The number of nitrogens with one attached hydrogen (secondary N) is 4. The first-order valence-corrected chi connectivity index (χ1v) is 11.1. The summed E-state index contributed by atoms with van der Waals surface area (Å²) >= 11 is 0. The van der Waals surface area contributed by atoms with Crippen molar-refractivity contribution in [3.8, 4) is 0 Å². The number of amides is 2. The van der Waals surface area contributed by atoms with E-state index in [0.717, 1.165) is 27.7 Å². The van der Waals surface area contributed by atoms with Gasteiger partial charge in [-0.05, 0) is 48.6 Å². The monoisotopic (exact) mass is 448 g/mol. The minimum Gasteiger partial charge on any atom is -0.374 e. The van der Waals surface area contributed by atoms with Gasteiger partial charge in [0.25, 0.3) is 0 Å². The van der Waals surface area contributed by atoms with Gasteiger partial charge in [0, 0.05) is 29.3 Å². The number of hydrazone groups is 1. The molecule has 0 aliphatic rings. The maximum atomic E-state index is 12.8. The second-order valence-corrected chi connectivity index (χ2v) is 8.40. The summed E-state index contributed by atoms with van der Waals surface area (Å²) in [6.07, 6.45) is 4.21. The number of nitrogens with two attached hydrogens (primary N) is 1. The van der Waals surface area contributed by atoms with Gasteiger partial charge in [-0.3, -0.25) is 9.59 Å². The van der Waals surface area contributed by atoms with Crippen molar-refractivity contribution in [3.05, 3.63) is 65.9 Å². The molecule has 8 nitrogen and oxygen atoms in total. The van der Waals surface area contributed by atoms with Crippen molar-refractivity contribution in [2.75, 3.05) is 11.9 Å². The molecule has 6 N–H and O–H groups in total. The molecule has 3 aromatic rings. The number of carbonyl (C=O) groups is 2. The number of H-pyrrole nitrogens is 1. The van der Waals surface area contributed by atoms with Crippen LogP contribution in [0.5, 0.6) is 0 Å². The van der Waals surface area contributed by atoms with Gasteiger partial charge in [0.15, 0.2) is 0 Å². The second-order valence-electron chi connectivity index (χ2n) is 8.40. The highest BCUT2D eigenvalue weighted by atomic mass is 16.2. The first-order valence-electron chi connectivity index (χ1n) is 11.1. The molecule has 33 heavy (non-hydrogen) atoms. The van der Waals surface area contributed by atoms with Crippen LogP contribution >= 0.6 is 0 Å². The molecular formula is C25H32N6O2. The van der Waals surface area contributed by atoms with Gasteiger partial charge in [0.2, 0.25) is 11.8 Å². The number of anilines is 1. The number of fused-ring (bicyclic) bond motifs is 1. The molecule has 0 aliphatic carbocycles. The summed E-state index contributed by atoms with van der Waals surface area (Å²) in [6, 6.07) is 14.3. The Balaban J connectivity index is 1.54. The van der Waals surface area contributed by atoms with E-state index in [2.05, 4.69) is 32.1 Å². The Labute approximate surface area is 194 Å². The normalized spacial score (nSPS) is 13.2. The van der Waals surface area contributed by atoms with E-state index < -0.39 is 12.1 Å². The zero-order chi connectivity index (χ0) is 23.8. The van der Waals surface area contributed by atoms with Crippen LogP contribution in [0.15, 0.2) is 59.8 Å². The molecule has 174 valence electrons. The lowest BCUT2D eigenvalue weighted by atomic mass is 10.0. The lowest BCUT2D eigenvalue weighted by Gasteiger charge is -2.24. The van der Waals surface area contributed by atoms with Crippen molar-refractivity contribution in [1.82, 2.24) is 15.6 Å². The van der Waals surface area contributed by atoms with E-state index >= 15 is 0 Å². The van der Waals surface area contributed by atoms with Crippen molar-refractivity contribution in [2.45, 2.75) is 39.3 Å². The van der Waals surface area contributed by atoms with Crippen molar-refractivity contribution in [3.63, 3.8) is 0 Å². The molecule has 1 aromatic heterocycles. The van der Waals surface area contributed by atoms with Crippen molar-refractivity contribution in [1.29, 1.82) is 0 Å². The van der Waals surface area contributed by atoms with E-state index in [0.29, 0.717) is 13.0 Å². The van der Waals surface area contributed by atoms with Crippen LogP contribution in [0.1, 0.15) is 31.9 Å². The number of para-hydroxylation sites is 1. The van der Waals surface area contributed by atoms with Gasteiger partial charge in [0.05, 0.1) is 6.21 Å². The molecule has 8 heteroatoms. The molecule has 0 radical (unpaired) electrons. The van der Waals surface area contributed by atoms with Crippen LogP contribution in [0.3, 0.4) is 0 Å². The first-order chi connectivity index (χ1) is 15.9. The smallest absolute Gasteiger partial charge is 0.242 e. The summed E-state index contributed by atoms with van der Waals surface area (Å²) < 4.78 is 0. The van der Waals surface area contributed by atoms with Crippen LogP contribution in [-0.2, 0) is 16.0 Å². The van der Waals surface area contributed by atoms with Crippen LogP contribution < -0.4 is 21.8 Å². The molecule has 0 aliphatic heterocycles. The van der Waals surface area contributed by atoms with Crippen molar-refractivity contribution < 1.29 is 9.59 Å². The Bertz CT molecular complexity index is 1120. The van der Waals surface area contributed by atoms with E-state index in [-0.39, 0.29) is 17.7 Å². The molecule has 2 atom stereocenters. The SMILES string of the molecule is CC(Nc1cccc(C=NN)c1)C(=O)NC(C(=O)NCCc1c[nH]c2ccccc12)C(C)C. The van der Waals surface area contributed by atoms with Crippen molar-refractivity contribution in [2.24, 2.45) is 16.9 Å². The fraction of sp³-hybridized carbons (Fsp3) is 0.320. The third-order valence-electron chi connectivity index (χ3n) is 5.50. The third kappa shape index (κ3) is 6.35. The zero-order valence-corrected chi connectivity index (χ0v) is 19.3. The van der Waals surface area contributed by atoms with Gasteiger partial charge in [-0.1, -0.05) is 44.2 Å². The number of aromatic amines is 1.